The fourth-order valence-electron chi connectivity index (χ4n) is 2.87. The van der Waals surface area contributed by atoms with Gasteiger partial charge in [-0.3, -0.25) is 4.79 Å². The standard InChI is InChI=1S/C15H19NO4/c1-18-15(7-3-2-4-8-15)14(17)16-11-5-6-12-13(9-11)20-10-19-12/h5-6,9H,2-4,7-8,10H2,1H3,(H,16,17). The highest BCUT2D eigenvalue weighted by atomic mass is 16.7. The fraction of sp³-hybridized carbons (Fsp3) is 0.533. The highest BCUT2D eigenvalue weighted by Crippen LogP contribution is 2.36. The van der Waals surface area contributed by atoms with E-state index in [-0.39, 0.29) is 12.7 Å². The molecule has 0 unspecified atom stereocenters. The van der Waals surface area contributed by atoms with Crippen molar-refractivity contribution in [1.82, 2.24) is 0 Å². The average molecular weight is 277 g/mol. The zero-order valence-electron chi connectivity index (χ0n) is 11.6. The molecule has 0 spiro atoms. The van der Waals surface area contributed by atoms with Gasteiger partial charge in [-0.25, -0.2) is 0 Å². The van der Waals surface area contributed by atoms with Crippen LogP contribution in [-0.4, -0.2) is 25.4 Å². The second-order valence-corrected chi connectivity index (χ2v) is 5.28. The second kappa shape index (κ2) is 5.32. The largest absolute Gasteiger partial charge is 0.454 e. The SMILES string of the molecule is COC1(C(=O)Nc2ccc3c(c2)OCO3)CCCCC1. The van der Waals surface area contributed by atoms with Crippen LogP contribution < -0.4 is 14.8 Å². The topological polar surface area (TPSA) is 56.8 Å². The Morgan fingerprint density at radius 1 is 1.20 bits per heavy atom. The summed E-state index contributed by atoms with van der Waals surface area (Å²) in [6.07, 6.45) is 4.78. The molecular formula is C15H19NO4. The van der Waals surface area contributed by atoms with Crippen molar-refractivity contribution in [3.05, 3.63) is 18.2 Å². The summed E-state index contributed by atoms with van der Waals surface area (Å²) in [5.41, 5.74) is 0.0236. The van der Waals surface area contributed by atoms with Crippen LogP contribution >= 0.6 is 0 Å². The maximum atomic E-state index is 12.5. The molecule has 0 atom stereocenters. The van der Waals surface area contributed by atoms with Gasteiger partial charge in [0.25, 0.3) is 5.91 Å². The first-order valence-corrected chi connectivity index (χ1v) is 7.00. The van der Waals surface area contributed by atoms with Crippen LogP contribution in [0.5, 0.6) is 11.5 Å². The minimum atomic E-state index is -0.686. The number of carbonyl (C=O) groups excluding carboxylic acids is 1. The third kappa shape index (κ3) is 2.33. The van der Waals surface area contributed by atoms with Crippen LogP contribution in [0.2, 0.25) is 0 Å². The van der Waals surface area contributed by atoms with Gasteiger partial charge >= 0.3 is 0 Å². The van der Waals surface area contributed by atoms with Gasteiger partial charge in [-0.15, -0.1) is 0 Å². The van der Waals surface area contributed by atoms with Crippen molar-refractivity contribution in [1.29, 1.82) is 0 Å². The van der Waals surface area contributed by atoms with Crippen LogP contribution in [0.4, 0.5) is 5.69 Å². The first kappa shape index (κ1) is 13.2. The molecule has 0 bridgehead atoms. The lowest BCUT2D eigenvalue weighted by atomic mass is 9.84. The molecule has 1 heterocycles. The average Bonchev–Trinajstić information content (AvgIpc) is 2.95. The van der Waals surface area contributed by atoms with Gasteiger partial charge in [0.15, 0.2) is 11.5 Å². The van der Waals surface area contributed by atoms with Crippen molar-refractivity contribution in [2.45, 2.75) is 37.7 Å². The summed E-state index contributed by atoms with van der Waals surface area (Å²) in [6.45, 7) is 0.231. The molecule has 1 amide bonds. The molecular weight excluding hydrogens is 258 g/mol. The number of fused-ring (bicyclic) bond motifs is 1. The number of rotatable bonds is 3. The Kier molecular flexibility index (Phi) is 3.53. The summed E-state index contributed by atoms with van der Waals surface area (Å²) in [7, 11) is 1.62. The molecule has 1 fully saturated rings. The molecule has 1 aliphatic carbocycles. The first-order valence-electron chi connectivity index (χ1n) is 7.00. The fourth-order valence-corrected chi connectivity index (χ4v) is 2.87. The number of methoxy groups -OCH3 is 1. The summed E-state index contributed by atoms with van der Waals surface area (Å²) in [6, 6.07) is 5.41. The Morgan fingerprint density at radius 3 is 2.70 bits per heavy atom. The van der Waals surface area contributed by atoms with Gasteiger partial charge < -0.3 is 19.5 Å². The molecule has 0 saturated heterocycles. The smallest absolute Gasteiger partial charge is 0.256 e. The highest BCUT2D eigenvalue weighted by molar-refractivity contribution is 5.97. The zero-order valence-corrected chi connectivity index (χ0v) is 11.6. The predicted molar refractivity (Wildman–Crippen MR) is 74.0 cm³/mol. The van der Waals surface area contributed by atoms with Gasteiger partial charge in [0.2, 0.25) is 6.79 Å². The van der Waals surface area contributed by atoms with Gasteiger partial charge in [0.05, 0.1) is 0 Å². The lowest BCUT2D eigenvalue weighted by molar-refractivity contribution is -0.141. The number of carbonyl (C=O) groups is 1. The Balaban J connectivity index is 1.74. The van der Waals surface area contributed by atoms with Crippen molar-refractivity contribution in [2.24, 2.45) is 0 Å². The number of benzene rings is 1. The number of nitrogens with one attached hydrogen (secondary N) is 1. The molecule has 0 radical (unpaired) electrons. The number of ether oxygens (including phenoxy) is 3. The van der Waals surface area contributed by atoms with Crippen molar-refractivity contribution < 1.29 is 19.0 Å². The maximum absolute atomic E-state index is 12.5. The number of hydrogen-bond acceptors (Lipinski definition) is 4. The normalized spacial score (nSPS) is 19.6. The van der Waals surface area contributed by atoms with Crippen LogP contribution in [0.3, 0.4) is 0 Å². The molecule has 1 aromatic carbocycles. The summed E-state index contributed by atoms with van der Waals surface area (Å²) < 4.78 is 16.1. The van der Waals surface area contributed by atoms with E-state index in [0.717, 1.165) is 25.7 Å². The van der Waals surface area contributed by atoms with Crippen molar-refractivity contribution in [3.8, 4) is 11.5 Å². The van der Waals surface area contributed by atoms with E-state index in [1.165, 1.54) is 6.42 Å². The highest BCUT2D eigenvalue weighted by Gasteiger charge is 2.39. The first-order chi connectivity index (χ1) is 9.73. The minimum absolute atomic E-state index is 0.0708. The molecule has 1 aromatic rings. The van der Waals surface area contributed by atoms with Gasteiger partial charge in [-0.2, -0.15) is 0 Å². The lowest BCUT2D eigenvalue weighted by Crippen LogP contribution is -2.46. The molecule has 5 heteroatoms. The molecule has 1 aliphatic heterocycles. The van der Waals surface area contributed by atoms with E-state index in [0.29, 0.717) is 17.2 Å². The van der Waals surface area contributed by atoms with Gasteiger partial charge in [-0.1, -0.05) is 19.3 Å². The molecule has 20 heavy (non-hydrogen) atoms. The Hall–Kier alpha value is -1.75. The Morgan fingerprint density at radius 2 is 1.95 bits per heavy atom. The number of hydrogen-bond donors (Lipinski definition) is 1. The van der Waals surface area contributed by atoms with E-state index in [1.54, 1.807) is 19.2 Å². The zero-order chi connectivity index (χ0) is 14.0. The minimum Gasteiger partial charge on any atom is -0.454 e. The van der Waals surface area contributed by atoms with Crippen molar-refractivity contribution >= 4 is 11.6 Å². The van der Waals surface area contributed by atoms with Gasteiger partial charge in [-0.05, 0) is 25.0 Å². The Bertz CT molecular complexity index is 509. The third-order valence-electron chi connectivity index (χ3n) is 4.10. The van der Waals surface area contributed by atoms with E-state index in [1.807, 2.05) is 6.07 Å². The molecule has 0 aromatic heterocycles. The van der Waals surface area contributed by atoms with Gasteiger partial charge in [0, 0.05) is 18.9 Å². The molecule has 1 N–H and O–H groups in total. The van der Waals surface area contributed by atoms with Crippen LogP contribution in [-0.2, 0) is 9.53 Å². The van der Waals surface area contributed by atoms with Crippen molar-refractivity contribution in [3.63, 3.8) is 0 Å². The predicted octanol–water partition coefficient (Wildman–Crippen LogP) is 2.70. The summed E-state index contributed by atoms with van der Waals surface area (Å²) in [5, 5.41) is 2.93. The molecule has 3 rings (SSSR count). The van der Waals surface area contributed by atoms with Crippen LogP contribution in [0.25, 0.3) is 0 Å². The van der Waals surface area contributed by atoms with Crippen LogP contribution in [0.15, 0.2) is 18.2 Å². The van der Waals surface area contributed by atoms with Gasteiger partial charge in [0.1, 0.15) is 5.60 Å². The molecule has 2 aliphatic rings. The number of anilines is 1. The van der Waals surface area contributed by atoms with Crippen molar-refractivity contribution in [2.75, 3.05) is 19.2 Å². The van der Waals surface area contributed by atoms with E-state index < -0.39 is 5.60 Å². The van der Waals surface area contributed by atoms with E-state index in [4.69, 9.17) is 14.2 Å². The number of amides is 1. The third-order valence-corrected chi connectivity index (χ3v) is 4.10. The van der Waals surface area contributed by atoms with Crippen LogP contribution in [0.1, 0.15) is 32.1 Å². The van der Waals surface area contributed by atoms with Crippen LogP contribution in [0, 0.1) is 0 Å². The lowest BCUT2D eigenvalue weighted by Gasteiger charge is -2.34. The van der Waals surface area contributed by atoms with E-state index in [9.17, 15) is 4.79 Å². The quantitative estimate of drug-likeness (QED) is 0.923. The second-order valence-electron chi connectivity index (χ2n) is 5.28. The Labute approximate surface area is 118 Å². The monoisotopic (exact) mass is 277 g/mol. The molecule has 1 saturated carbocycles. The molecule has 108 valence electrons. The maximum Gasteiger partial charge on any atom is 0.256 e. The van der Waals surface area contributed by atoms with E-state index in [2.05, 4.69) is 5.32 Å². The van der Waals surface area contributed by atoms with E-state index >= 15 is 0 Å². The molecule has 5 nitrogen and oxygen atoms in total. The summed E-state index contributed by atoms with van der Waals surface area (Å²) in [5.74, 6) is 1.30. The summed E-state index contributed by atoms with van der Waals surface area (Å²) in [4.78, 5) is 12.5. The summed E-state index contributed by atoms with van der Waals surface area (Å²) >= 11 is 0.